The van der Waals surface area contributed by atoms with E-state index in [4.69, 9.17) is 0 Å². The van der Waals surface area contributed by atoms with Crippen molar-refractivity contribution >= 4 is 11.7 Å². The molecule has 0 spiro atoms. The number of rotatable bonds is 4. The Kier molecular flexibility index (Phi) is 3.88. The predicted octanol–water partition coefficient (Wildman–Crippen LogP) is 3.41. The molecule has 1 aliphatic carbocycles. The number of hydrogen-bond donors (Lipinski definition) is 2. The first-order valence-corrected chi connectivity index (χ1v) is 7.74. The molecular formula is C17H22N4O. The van der Waals surface area contributed by atoms with E-state index >= 15 is 0 Å². The molecule has 5 nitrogen and oxygen atoms in total. The maximum atomic E-state index is 12.0. The molecule has 1 saturated carbocycles. The number of carbonyl (C=O) groups is 1. The summed E-state index contributed by atoms with van der Waals surface area (Å²) in [6.07, 6.45) is 2.43. The number of anilines is 1. The fraction of sp³-hybridized carbons (Fsp3) is 0.412. The first-order valence-electron chi connectivity index (χ1n) is 7.74. The van der Waals surface area contributed by atoms with Crippen LogP contribution in [0, 0.1) is 19.8 Å². The molecule has 1 unspecified atom stereocenters. The molecule has 0 aliphatic heterocycles. The van der Waals surface area contributed by atoms with Crippen LogP contribution in [0.1, 0.15) is 31.2 Å². The third-order valence-corrected chi connectivity index (χ3v) is 4.05. The number of amides is 2. The number of carbonyl (C=O) groups excluding carboxylic acids is 1. The van der Waals surface area contributed by atoms with Gasteiger partial charge >= 0.3 is 6.03 Å². The molecule has 0 radical (unpaired) electrons. The third-order valence-electron chi connectivity index (χ3n) is 4.05. The minimum atomic E-state index is -0.148. The van der Waals surface area contributed by atoms with Crippen LogP contribution in [0.25, 0.3) is 5.69 Å². The van der Waals surface area contributed by atoms with Crippen molar-refractivity contribution in [2.75, 3.05) is 5.32 Å². The highest BCUT2D eigenvalue weighted by molar-refractivity contribution is 5.89. The molecule has 116 valence electrons. The molecule has 2 amide bonds. The van der Waals surface area contributed by atoms with E-state index < -0.39 is 0 Å². The largest absolute Gasteiger partial charge is 0.335 e. The number of hydrogen-bond acceptors (Lipinski definition) is 2. The van der Waals surface area contributed by atoms with Gasteiger partial charge in [-0.25, -0.2) is 9.48 Å². The van der Waals surface area contributed by atoms with Crippen LogP contribution in [0.2, 0.25) is 0 Å². The normalized spacial score (nSPS) is 15.4. The minimum Gasteiger partial charge on any atom is -0.335 e. The van der Waals surface area contributed by atoms with Crippen LogP contribution in [0.15, 0.2) is 30.3 Å². The molecule has 22 heavy (non-hydrogen) atoms. The summed E-state index contributed by atoms with van der Waals surface area (Å²) in [5.74, 6) is 0.645. The van der Waals surface area contributed by atoms with E-state index in [1.807, 2.05) is 48.9 Å². The molecule has 1 fully saturated rings. The Morgan fingerprint density at radius 2 is 2.09 bits per heavy atom. The Morgan fingerprint density at radius 3 is 2.73 bits per heavy atom. The van der Waals surface area contributed by atoms with Crippen LogP contribution in [0.5, 0.6) is 0 Å². The molecule has 1 aliphatic rings. The molecule has 2 aromatic rings. The Balaban J connectivity index is 1.71. The number of benzene rings is 1. The maximum absolute atomic E-state index is 12.0. The lowest BCUT2D eigenvalue weighted by Crippen LogP contribution is -2.37. The van der Waals surface area contributed by atoms with Gasteiger partial charge in [0.15, 0.2) is 0 Å². The van der Waals surface area contributed by atoms with Gasteiger partial charge in [0, 0.05) is 17.4 Å². The van der Waals surface area contributed by atoms with Crippen LogP contribution >= 0.6 is 0 Å². The summed E-state index contributed by atoms with van der Waals surface area (Å²) in [5.41, 5.74) is 3.76. The summed E-state index contributed by atoms with van der Waals surface area (Å²) in [6, 6.07) is 9.84. The SMILES string of the molecule is Cc1cc(C)n(-c2cccc(NC(=O)NC(C)C3CC3)c2)n1. The van der Waals surface area contributed by atoms with Gasteiger partial charge in [0.1, 0.15) is 0 Å². The van der Waals surface area contributed by atoms with Crippen molar-refractivity contribution in [1.29, 1.82) is 0 Å². The molecule has 1 aromatic carbocycles. The summed E-state index contributed by atoms with van der Waals surface area (Å²) in [5, 5.41) is 10.4. The van der Waals surface area contributed by atoms with Gasteiger partial charge in [0.25, 0.3) is 0 Å². The lowest BCUT2D eigenvalue weighted by atomic mass is 10.2. The number of nitrogens with one attached hydrogen (secondary N) is 2. The summed E-state index contributed by atoms with van der Waals surface area (Å²) in [4.78, 5) is 12.0. The van der Waals surface area contributed by atoms with E-state index in [-0.39, 0.29) is 12.1 Å². The van der Waals surface area contributed by atoms with Gasteiger partial charge in [0.05, 0.1) is 11.4 Å². The molecule has 1 atom stereocenters. The molecule has 1 heterocycles. The standard InChI is InChI=1S/C17H22N4O/c1-11-9-12(2)21(20-11)16-6-4-5-15(10-16)19-17(22)18-13(3)14-7-8-14/h4-6,9-10,13-14H,7-8H2,1-3H3,(H2,18,19,22). The van der Waals surface area contributed by atoms with Gasteiger partial charge in [-0.05, 0) is 63.8 Å². The van der Waals surface area contributed by atoms with E-state index in [2.05, 4.69) is 22.7 Å². The second-order valence-electron chi connectivity index (χ2n) is 6.11. The quantitative estimate of drug-likeness (QED) is 0.908. The van der Waals surface area contributed by atoms with E-state index in [0.29, 0.717) is 5.92 Å². The van der Waals surface area contributed by atoms with Crippen LogP contribution in [0.3, 0.4) is 0 Å². The number of aromatic nitrogens is 2. The van der Waals surface area contributed by atoms with Crippen molar-refractivity contribution in [2.24, 2.45) is 5.92 Å². The zero-order chi connectivity index (χ0) is 15.7. The van der Waals surface area contributed by atoms with Crippen LogP contribution in [-0.2, 0) is 0 Å². The fourth-order valence-electron chi connectivity index (χ4n) is 2.69. The summed E-state index contributed by atoms with van der Waals surface area (Å²) < 4.78 is 1.88. The highest BCUT2D eigenvalue weighted by Crippen LogP contribution is 2.32. The molecule has 3 rings (SSSR count). The van der Waals surface area contributed by atoms with E-state index in [1.165, 1.54) is 12.8 Å². The van der Waals surface area contributed by atoms with E-state index in [9.17, 15) is 4.79 Å². The van der Waals surface area contributed by atoms with E-state index in [0.717, 1.165) is 22.8 Å². The van der Waals surface area contributed by atoms with Crippen molar-refractivity contribution in [3.05, 3.63) is 41.7 Å². The molecule has 1 aromatic heterocycles. The van der Waals surface area contributed by atoms with Crippen molar-refractivity contribution in [3.63, 3.8) is 0 Å². The lowest BCUT2D eigenvalue weighted by molar-refractivity contribution is 0.248. The van der Waals surface area contributed by atoms with Gasteiger partial charge in [-0.1, -0.05) is 6.07 Å². The Hall–Kier alpha value is -2.30. The van der Waals surface area contributed by atoms with Gasteiger partial charge in [0.2, 0.25) is 0 Å². The first-order chi connectivity index (χ1) is 10.5. The van der Waals surface area contributed by atoms with Crippen LogP contribution in [-0.4, -0.2) is 21.9 Å². The Labute approximate surface area is 130 Å². The second kappa shape index (κ2) is 5.83. The zero-order valence-electron chi connectivity index (χ0n) is 13.3. The van der Waals surface area contributed by atoms with Gasteiger partial charge in [-0.3, -0.25) is 0 Å². The molecule has 0 saturated heterocycles. The summed E-state index contributed by atoms with van der Waals surface area (Å²) in [7, 11) is 0. The average Bonchev–Trinajstić information content (AvgIpc) is 3.24. The van der Waals surface area contributed by atoms with Crippen LogP contribution in [0.4, 0.5) is 10.5 Å². The van der Waals surface area contributed by atoms with Gasteiger partial charge in [-0.2, -0.15) is 5.10 Å². The molecular weight excluding hydrogens is 276 g/mol. The molecule has 5 heteroatoms. The summed E-state index contributed by atoms with van der Waals surface area (Å²) in [6.45, 7) is 6.05. The van der Waals surface area contributed by atoms with Crippen molar-refractivity contribution in [3.8, 4) is 5.69 Å². The minimum absolute atomic E-state index is 0.148. The van der Waals surface area contributed by atoms with Gasteiger partial charge in [-0.15, -0.1) is 0 Å². The summed E-state index contributed by atoms with van der Waals surface area (Å²) >= 11 is 0. The Bertz CT molecular complexity index is 688. The molecule has 0 bridgehead atoms. The van der Waals surface area contributed by atoms with Crippen LogP contribution < -0.4 is 10.6 Å². The maximum Gasteiger partial charge on any atom is 0.319 e. The van der Waals surface area contributed by atoms with E-state index in [1.54, 1.807) is 0 Å². The highest BCUT2D eigenvalue weighted by atomic mass is 16.2. The van der Waals surface area contributed by atoms with Crippen molar-refractivity contribution < 1.29 is 4.79 Å². The lowest BCUT2D eigenvalue weighted by Gasteiger charge is -2.14. The number of nitrogens with zero attached hydrogens (tertiary/aromatic N) is 2. The topological polar surface area (TPSA) is 59.0 Å². The second-order valence-corrected chi connectivity index (χ2v) is 6.11. The number of aryl methyl sites for hydroxylation is 2. The monoisotopic (exact) mass is 298 g/mol. The zero-order valence-corrected chi connectivity index (χ0v) is 13.3. The third kappa shape index (κ3) is 3.30. The Morgan fingerprint density at radius 1 is 1.32 bits per heavy atom. The predicted molar refractivity (Wildman–Crippen MR) is 87.4 cm³/mol. The van der Waals surface area contributed by atoms with Crippen molar-refractivity contribution in [2.45, 2.75) is 39.7 Å². The number of urea groups is 1. The molecule has 2 N–H and O–H groups in total. The highest BCUT2D eigenvalue weighted by Gasteiger charge is 2.28. The average molecular weight is 298 g/mol. The smallest absolute Gasteiger partial charge is 0.319 e. The van der Waals surface area contributed by atoms with Crippen molar-refractivity contribution in [1.82, 2.24) is 15.1 Å². The fourth-order valence-corrected chi connectivity index (χ4v) is 2.69. The first kappa shape index (κ1) is 14.6. The van der Waals surface area contributed by atoms with Gasteiger partial charge < -0.3 is 10.6 Å².